The van der Waals surface area contributed by atoms with Gasteiger partial charge in [-0.2, -0.15) is 0 Å². The van der Waals surface area contributed by atoms with E-state index in [1.54, 1.807) is 6.92 Å². The first-order chi connectivity index (χ1) is 8.33. The molecule has 0 atom stereocenters. The van der Waals surface area contributed by atoms with Crippen LogP contribution in [-0.2, 0) is 10.0 Å². The zero-order chi connectivity index (χ0) is 13.5. The highest BCUT2D eigenvalue weighted by Crippen LogP contribution is 2.33. The van der Waals surface area contributed by atoms with E-state index in [4.69, 9.17) is 0 Å². The number of anilines is 1. The summed E-state index contributed by atoms with van der Waals surface area (Å²) in [7, 11) is -3.42. The summed E-state index contributed by atoms with van der Waals surface area (Å²) in [5.41, 5.74) is 4.16. The van der Waals surface area contributed by atoms with Crippen molar-refractivity contribution in [2.24, 2.45) is 0 Å². The predicted molar refractivity (Wildman–Crippen MR) is 74.8 cm³/mol. The van der Waals surface area contributed by atoms with Crippen LogP contribution in [0.2, 0.25) is 0 Å². The maximum Gasteiger partial charge on any atom is 0.261 e. The van der Waals surface area contributed by atoms with Crippen LogP contribution < -0.4 is 4.31 Å². The molecule has 0 spiro atoms. The number of nitrogens with zero attached hydrogens (tertiary/aromatic N) is 1. The molecule has 96 valence electrons. The largest absolute Gasteiger partial charge is 0.261 e. The first kappa shape index (κ1) is 12.9. The van der Waals surface area contributed by atoms with Gasteiger partial charge in [-0.15, -0.1) is 0 Å². The third-order valence-electron chi connectivity index (χ3n) is 2.99. The normalized spacial score (nSPS) is 18.3. The Morgan fingerprint density at radius 1 is 1.00 bits per heavy atom. The zero-order valence-electron chi connectivity index (χ0n) is 11.1. The minimum atomic E-state index is -3.42. The maximum absolute atomic E-state index is 12.3. The van der Waals surface area contributed by atoms with Crippen molar-refractivity contribution in [3.63, 3.8) is 0 Å². The van der Waals surface area contributed by atoms with Gasteiger partial charge in [-0.1, -0.05) is 18.2 Å². The molecule has 3 nitrogen and oxygen atoms in total. The lowest BCUT2D eigenvalue weighted by molar-refractivity contribution is 0.602. The molecule has 1 heterocycles. The summed E-state index contributed by atoms with van der Waals surface area (Å²) in [6.07, 6.45) is 1.88. The van der Waals surface area contributed by atoms with Crippen molar-refractivity contribution in [3.05, 3.63) is 52.1 Å². The van der Waals surface area contributed by atoms with Gasteiger partial charge < -0.3 is 0 Å². The number of hydrogen-bond donors (Lipinski definition) is 0. The van der Waals surface area contributed by atoms with Crippen LogP contribution in [0.1, 0.15) is 25.0 Å². The maximum atomic E-state index is 12.3. The number of sulfonamides is 1. The van der Waals surface area contributed by atoms with Crippen LogP contribution in [0.4, 0.5) is 5.69 Å². The van der Waals surface area contributed by atoms with E-state index in [1.807, 2.05) is 45.0 Å². The van der Waals surface area contributed by atoms with Gasteiger partial charge in [-0.25, -0.2) is 12.7 Å². The summed E-state index contributed by atoms with van der Waals surface area (Å²) in [4.78, 5) is 0. The standard InChI is InChI=1S/C14H17NO2S/c1-10-8-13(4)15(18(16,17)9-10)14-11(2)6-5-7-12(14)3/h5-9H,1-4H3. The second-order valence-corrected chi connectivity index (χ2v) is 6.33. The molecule has 0 amide bonds. The number of aryl methyl sites for hydroxylation is 2. The number of hydrogen-bond acceptors (Lipinski definition) is 2. The Balaban J connectivity index is 2.69. The van der Waals surface area contributed by atoms with Gasteiger partial charge in [-0.3, -0.25) is 0 Å². The summed E-state index contributed by atoms with van der Waals surface area (Å²) in [6.45, 7) is 7.47. The molecule has 4 heteroatoms. The van der Waals surface area contributed by atoms with E-state index < -0.39 is 10.0 Å². The average molecular weight is 263 g/mol. The lowest BCUT2D eigenvalue weighted by atomic mass is 10.1. The monoisotopic (exact) mass is 263 g/mol. The predicted octanol–water partition coefficient (Wildman–Crippen LogP) is 3.26. The van der Waals surface area contributed by atoms with Crippen LogP contribution in [0.25, 0.3) is 0 Å². The second-order valence-electron chi connectivity index (χ2n) is 4.70. The third-order valence-corrected chi connectivity index (χ3v) is 4.64. The summed E-state index contributed by atoms with van der Waals surface area (Å²) >= 11 is 0. The molecular formula is C14H17NO2S. The van der Waals surface area contributed by atoms with Crippen LogP contribution in [-0.4, -0.2) is 8.42 Å². The fraction of sp³-hybridized carbons (Fsp3) is 0.286. The lowest BCUT2D eigenvalue weighted by Gasteiger charge is -2.29. The minimum Gasteiger partial charge on any atom is -0.239 e. The Kier molecular flexibility index (Phi) is 3.07. The van der Waals surface area contributed by atoms with E-state index in [9.17, 15) is 8.42 Å². The molecule has 1 aromatic carbocycles. The average Bonchev–Trinajstić information content (AvgIpc) is 2.20. The van der Waals surface area contributed by atoms with E-state index in [0.717, 1.165) is 28.1 Å². The van der Waals surface area contributed by atoms with Gasteiger partial charge in [-0.05, 0) is 50.5 Å². The van der Waals surface area contributed by atoms with Crippen LogP contribution >= 0.6 is 0 Å². The van der Waals surface area contributed by atoms with Crippen molar-refractivity contribution in [1.82, 2.24) is 0 Å². The van der Waals surface area contributed by atoms with Crippen LogP contribution in [0.3, 0.4) is 0 Å². The smallest absolute Gasteiger partial charge is 0.239 e. The quantitative estimate of drug-likeness (QED) is 0.780. The van der Waals surface area contributed by atoms with Crippen LogP contribution in [0.15, 0.2) is 41.0 Å². The van der Waals surface area contributed by atoms with E-state index in [1.165, 1.54) is 9.71 Å². The SMILES string of the molecule is CC1=CS(=O)(=O)N(c2c(C)cccc2C)C(C)=C1. The Hall–Kier alpha value is -1.55. The summed E-state index contributed by atoms with van der Waals surface area (Å²) < 4.78 is 26.1. The Labute approximate surface area is 108 Å². The second kappa shape index (κ2) is 4.28. The topological polar surface area (TPSA) is 37.4 Å². The molecule has 1 aliphatic heterocycles. The fourth-order valence-electron chi connectivity index (χ4n) is 2.34. The Morgan fingerprint density at radius 3 is 2.06 bits per heavy atom. The van der Waals surface area contributed by atoms with E-state index >= 15 is 0 Å². The number of benzene rings is 1. The minimum absolute atomic E-state index is 0.729. The van der Waals surface area contributed by atoms with Crippen molar-refractivity contribution in [1.29, 1.82) is 0 Å². The molecule has 0 aromatic heterocycles. The van der Waals surface area contributed by atoms with Crippen molar-refractivity contribution < 1.29 is 8.42 Å². The molecule has 18 heavy (non-hydrogen) atoms. The zero-order valence-corrected chi connectivity index (χ0v) is 11.9. The molecule has 0 bridgehead atoms. The van der Waals surface area contributed by atoms with E-state index in [0.29, 0.717) is 0 Å². The van der Waals surface area contributed by atoms with Gasteiger partial charge in [0.05, 0.1) is 11.1 Å². The Morgan fingerprint density at radius 2 is 1.56 bits per heavy atom. The van der Waals surface area contributed by atoms with Gasteiger partial charge in [0.1, 0.15) is 0 Å². The van der Waals surface area contributed by atoms with Crippen molar-refractivity contribution >= 4 is 15.7 Å². The molecule has 0 aliphatic carbocycles. The highest BCUT2D eigenvalue weighted by atomic mass is 32.2. The molecule has 1 aromatic rings. The van der Waals surface area contributed by atoms with Crippen molar-refractivity contribution in [3.8, 4) is 0 Å². The van der Waals surface area contributed by atoms with Gasteiger partial charge in [0.2, 0.25) is 0 Å². The molecule has 0 saturated heterocycles. The van der Waals surface area contributed by atoms with Crippen molar-refractivity contribution in [2.75, 3.05) is 4.31 Å². The van der Waals surface area contributed by atoms with Crippen LogP contribution in [0, 0.1) is 13.8 Å². The fourth-order valence-corrected chi connectivity index (χ4v) is 3.98. The molecule has 1 aliphatic rings. The molecule has 2 rings (SSSR count). The summed E-state index contributed by atoms with van der Waals surface area (Å²) in [5.74, 6) is 0. The lowest BCUT2D eigenvalue weighted by Crippen LogP contribution is -2.31. The van der Waals surface area contributed by atoms with Gasteiger partial charge in [0.25, 0.3) is 10.0 Å². The molecular weight excluding hydrogens is 246 g/mol. The molecule has 0 saturated carbocycles. The van der Waals surface area contributed by atoms with Crippen LogP contribution in [0.5, 0.6) is 0 Å². The first-order valence-electron chi connectivity index (χ1n) is 5.81. The molecule has 0 N–H and O–H groups in total. The summed E-state index contributed by atoms with van der Waals surface area (Å²) in [6, 6.07) is 5.79. The summed E-state index contributed by atoms with van der Waals surface area (Å²) in [5, 5.41) is 1.31. The van der Waals surface area contributed by atoms with Gasteiger partial charge >= 0.3 is 0 Å². The number of allylic oxidation sites excluding steroid dienone is 3. The number of para-hydroxylation sites is 1. The third kappa shape index (κ3) is 2.08. The highest BCUT2D eigenvalue weighted by molar-refractivity contribution is 7.95. The number of rotatable bonds is 1. The van der Waals surface area contributed by atoms with Gasteiger partial charge in [0.15, 0.2) is 0 Å². The molecule has 0 fully saturated rings. The van der Waals surface area contributed by atoms with Gasteiger partial charge in [0, 0.05) is 5.70 Å². The first-order valence-corrected chi connectivity index (χ1v) is 7.31. The molecule has 0 unspecified atom stereocenters. The molecule has 0 radical (unpaired) electrons. The van der Waals surface area contributed by atoms with Crippen molar-refractivity contribution in [2.45, 2.75) is 27.7 Å². The van der Waals surface area contributed by atoms with E-state index in [2.05, 4.69) is 0 Å². The van der Waals surface area contributed by atoms with E-state index in [-0.39, 0.29) is 0 Å². The Bertz CT molecular complexity index is 634. The highest BCUT2D eigenvalue weighted by Gasteiger charge is 2.27.